The number of halogens is 1. The fourth-order valence-electron chi connectivity index (χ4n) is 3.13. The Labute approximate surface area is 135 Å². The van der Waals surface area contributed by atoms with E-state index in [0.29, 0.717) is 6.54 Å². The van der Waals surface area contributed by atoms with Gasteiger partial charge < -0.3 is 15.5 Å². The van der Waals surface area contributed by atoms with Crippen molar-refractivity contribution in [3.05, 3.63) is 0 Å². The highest BCUT2D eigenvalue weighted by atomic mass is 35.5. The third-order valence-corrected chi connectivity index (χ3v) is 4.26. The largest absolute Gasteiger partial charge is 0.353 e. The lowest BCUT2D eigenvalue weighted by molar-refractivity contribution is -0.123. The number of hydrogen-bond acceptors (Lipinski definition) is 4. The minimum atomic E-state index is 0. The van der Waals surface area contributed by atoms with Gasteiger partial charge in [0, 0.05) is 38.8 Å². The van der Waals surface area contributed by atoms with Gasteiger partial charge in [0.1, 0.15) is 0 Å². The number of nitrogens with zero attached hydrogens (tertiary/aromatic N) is 2. The highest BCUT2D eigenvalue weighted by Gasteiger charge is 2.22. The van der Waals surface area contributed by atoms with Crippen LogP contribution in [0.4, 0.5) is 0 Å². The molecule has 2 rings (SSSR count). The van der Waals surface area contributed by atoms with E-state index in [4.69, 9.17) is 0 Å². The Hall–Kier alpha value is -0.360. The topological polar surface area (TPSA) is 47.6 Å². The van der Waals surface area contributed by atoms with E-state index >= 15 is 0 Å². The van der Waals surface area contributed by atoms with Crippen LogP contribution in [0.25, 0.3) is 0 Å². The second-order valence-electron chi connectivity index (χ2n) is 6.49. The van der Waals surface area contributed by atoms with Gasteiger partial charge in [-0.05, 0) is 45.7 Å². The van der Waals surface area contributed by atoms with Gasteiger partial charge in [0.05, 0.1) is 6.54 Å². The van der Waals surface area contributed by atoms with Gasteiger partial charge >= 0.3 is 0 Å². The molecular weight excluding hydrogens is 288 g/mol. The molecular formula is C15H31ClN4O. The van der Waals surface area contributed by atoms with Crippen LogP contribution in [-0.4, -0.2) is 74.1 Å². The molecule has 0 radical (unpaired) electrons. The van der Waals surface area contributed by atoms with Crippen molar-refractivity contribution in [2.75, 3.05) is 52.4 Å². The number of rotatable bonds is 5. The summed E-state index contributed by atoms with van der Waals surface area (Å²) in [6.45, 7) is 12.4. The van der Waals surface area contributed by atoms with Crippen molar-refractivity contribution in [3.63, 3.8) is 0 Å². The number of carbonyl (C=O) groups excluding carboxylic acids is 1. The molecule has 0 aliphatic carbocycles. The van der Waals surface area contributed by atoms with Crippen molar-refractivity contribution in [2.45, 2.75) is 32.7 Å². The number of amides is 1. The average molecular weight is 319 g/mol. The van der Waals surface area contributed by atoms with E-state index in [2.05, 4.69) is 20.4 Å². The van der Waals surface area contributed by atoms with Crippen LogP contribution in [0.2, 0.25) is 0 Å². The first-order chi connectivity index (χ1) is 9.63. The molecule has 1 amide bonds. The van der Waals surface area contributed by atoms with Gasteiger partial charge in [0.25, 0.3) is 0 Å². The standard InChI is InChI=1S/C15H30N4O.ClH/c1-13(2)17-15(20)12-19-9-7-18(8-10-19)11-14-3-5-16-6-4-14;/h13-14,16H,3-12H2,1-2H3,(H,17,20);1H. The molecule has 0 bridgehead atoms. The summed E-state index contributed by atoms with van der Waals surface area (Å²) in [7, 11) is 0. The van der Waals surface area contributed by atoms with Crippen LogP contribution in [-0.2, 0) is 4.79 Å². The summed E-state index contributed by atoms with van der Waals surface area (Å²) in [6.07, 6.45) is 2.63. The van der Waals surface area contributed by atoms with Crippen molar-refractivity contribution in [3.8, 4) is 0 Å². The van der Waals surface area contributed by atoms with Gasteiger partial charge in [0.2, 0.25) is 5.91 Å². The number of nitrogens with one attached hydrogen (secondary N) is 2. The predicted octanol–water partition coefficient (Wildman–Crippen LogP) is 0.550. The van der Waals surface area contributed by atoms with Gasteiger partial charge in [-0.25, -0.2) is 0 Å². The molecule has 2 saturated heterocycles. The third-order valence-electron chi connectivity index (χ3n) is 4.26. The predicted molar refractivity (Wildman–Crippen MR) is 89.0 cm³/mol. The lowest BCUT2D eigenvalue weighted by Gasteiger charge is -2.37. The zero-order valence-electron chi connectivity index (χ0n) is 13.4. The Morgan fingerprint density at radius 3 is 2.29 bits per heavy atom. The Morgan fingerprint density at radius 1 is 1.14 bits per heavy atom. The summed E-state index contributed by atoms with van der Waals surface area (Å²) in [5.74, 6) is 1.03. The molecule has 2 aliphatic heterocycles. The van der Waals surface area contributed by atoms with Crippen LogP contribution in [0.3, 0.4) is 0 Å². The van der Waals surface area contributed by atoms with Crippen molar-refractivity contribution in [1.82, 2.24) is 20.4 Å². The maximum absolute atomic E-state index is 11.7. The molecule has 21 heavy (non-hydrogen) atoms. The minimum absolute atomic E-state index is 0. The maximum Gasteiger partial charge on any atom is 0.234 e. The van der Waals surface area contributed by atoms with Gasteiger partial charge in [-0.15, -0.1) is 12.4 Å². The van der Waals surface area contributed by atoms with Crippen molar-refractivity contribution in [2.24, 2.45) is 5.92 Å². The van der Waals surface area contributed by atoms with Crippen LogP contribution in [0, 0.1) is 5.92 Å². The molecule has 0 spiro atoms. The quantitative estimate of drug-likeness (QED) is 0.777. The summed E-state index contributed by atoms with van der Waals surface area (Å²) >= 11 is 0. The second kappa shape index (κ2) is 9.62. The minimum Gasteiger partial charge on any atom is -0.353 e. The Morgan fingerprint density at radius 2 is 1.71 bits per heavy atom. The van der Waals surface area contributed by atoms with Gasteiger partial charge in [-0.2, -0.15) is 0 Å². The van der Waals surface area contributed by atoms with Crippen molar-refractivity contribution < 1.29 is 4.79 Å². The molecule has 0 aromatic rings. The molecule has 2 N–H and O–H groups in total. The highest BCUT2D eigenvalue weighted by molar-refractivity contribution is 5.85. The van der Waals surface area contributed by atoms with Crippen molar-refractivity contribution >= 4 is 18.3 Å². The van der Waals surface area contributed by atoms with Crippen LogP contribution in [0.1, 0.15) is 26.7 Å². The van der Waals surface area contributed by atoms with Crippen LogP contribution in [0.5, 0.6) is 0 Å². The molecule has 2 heterocycles. The molecule has 5 nitrogen and oxygen atoms in total. The zero-order valence-corrected chi connectivity index (χ0v) is 14.3. The average Bonchev–Trinajstić information content (AvgIpc) is 2.41. The van der Waals surface area contributed by atoms with Crippen LogP contribution in [0.15, 0.2) is 0 Å². The third kappa shape index (κ3) is 6.96. The summed E-state index contributed by atoms with van der Waals surface area (Å²) in [6, 6.07) is 0.240. The van der Waals surface area contributed by atoms with E-state index in [0.717, 1.165) is 32.1 Å². The lowest BCUT2D eigenvalue weighted by Crippen LogP contribution is -2.51. The maximum atomic E-state index is 11.7. The monoisotopic (exact) mass is 318 g/mol. The fraction of sp³-hybridized carbons (Fsp3) is 0.933. The van der Waals surface area contributed by atoms with E-state index in [9.17, 15) is 4.79 Å². The fourth-order valence-corrected chi connectivity index (χ4v) is 3.13. The first-order valence-corrected chi connectivity index (χ1v) is 8.08. The number of piperidine rings is 1. The summed E-state index contributed by atoms with van der Waals surface area (Å²) in [4.78, 5) is 16.6. The Balaban J connectivity index is 0.00000220. The molecule has 2 aliphatic rings. The SMILES string of the molecule is CC(C)NC(=O)CN1CCN(CC2CCNCC2)CC1.Cl. The first-order valence-electron chi connectivity index (χ1n) is 8.08. The summed E-state index contributed by atoms with van der Waals surface area (Å²) < 4.78 is 0. The first kappa shape index (κ1) is 18.7. The molecule has 0 saturated carbocycles. The number of piperazine rings is 1. The van der Waals surface area contributed by atoms with E-state index in [1.807, 2.05) is 13.8 Å². The molecule has 2 fully saturated rings. The Bertz CT molecular complexity index is 300. The number of hydrogen-bond donors (Lipinski definition) is 2. The molecule has 0 aromatic heterocycles. The Kier molecular flexibility index (Phi) is 8.56. The van der Waals surface area contributed by atoms with Gasteiger partial charge in [0.15, 0.2) is 0 Å². The van der Waals surface area contributed by atoms with E-state index < -0.39 is 0 Å². The highest BCUT2D eigenvalue weighted by Crippen LogP contribution is 2.14. The van der Waals surface area contributed by atoms with Gasteiger partial charge in [-0.3, -0.25) is 9.69 Å². The molecule has 0 aromatic carbocycles. The van der Waals surface area contributed by atoms with Crippen LogP contribution < -0.4 is 10.6 Å². The zero-order chi connectivity index (χ0) is 14.4. The molecule has 0 atom stereocenters. The summed E-state index contributed by atoms with van der Waals surface area (Å²) in [5, 5.41) is 6.39. The van der Waals surface area contributed by atoms with Crippen LogP contribution >= 0.6 is 12.4 Å². The summed E-state index contributed by atoms with van der Waals surface area (Å²) in [5.41, 5.74) is 0. The molecule has 0 unspecified atom stereocenters. The number of carbonyl (C=O) groups is 1. The van der Waals surface area contributed by atoms with Crippen molar-refractivity contribution in [1.29, 1.82) is 0 Å². The lowest BCUT2D eigenvalue weighted by atomic mass is 9.97. The molecule has 124 valence electrons. The smallest absolute Gasteiger partial charge is 0.234 e. The van der Waals surface area contributed by atoms with Gasteiger partial charge in [-0.1, -0.05) is 0 Å². The van der Waals surface area contributed by atoms with E-state index in [1.54, 1.807) is 0 Å². The normalized spacial score (nSPS) is 22.0. The second-order valence-corrected chi connectivity index (χ2v) is 6.49. The molecule has 6 heteroatoms. The van der Waals surface area contributed by atoms with E-state index in [-0.39, 0.29) is 24.4 Å². The van der Waals surface area contributed by atoms with E-state index in [1.165, 1.54) is 32.5 Å².